The minimum atomic E-state index is -1.16. The van der Waals surface area contributed by atoms with E-state index in [2.05, 4.69) is 15.5 Å². The van der Waals surface area contributed by atoms with Crippen LogP contribution in [0.15, 0.2) is 24.3 Å². The number of rotatable bonds is 4. The van der Waals surface area contributed by atoms with E-state index in [0.29, 0.717) is 12.2 Å². The van der Waals surface area contributed by atoms with E-state index < -0.39 is 11.5 Å². The van der Waals surface area contributed by atoms with Crippen LogP contribution in [0.2, 0.25) is 0 Å². The van der Waals surface area contributed by atoms with Crippen LogP contribution in [-0.2, 0) is 16.8 Å². The van der Waals surface area contributed by atoms with Crippen molar-refractivity contribution >= 4 is 5.97 Å². The fourth-order valence-corrected chi connectivity index (χ4v) is 1.85. The molecule has 0 amide bonds. The van der Waals surface area contributed by atoms with Crippen LogP contribution in [0.25, 0.3) is 0 Å². The van der Waals surface area contributed by atoms with E-state index in [4.69, 9.17) is 0 Å². The minimum Gasteiger partial charge on any atom is -0.479 e. The van der Waals surface area contributed by atoms with E-state index >= 15 is 0 Å². The maximum Gasteiger partial charge on any atom is 0.331 e. The van der Waals surface area contributed by atoms with Gasteiger partial charge in [0, 0.05) is 6.42 Å². The van der Waals surface area contributed by atoms with Crippen molar-refractivity contribution in [2.45, 2.75) is 32.7 Å². The first kappa shape index (κ1) is 13.2. The lowest BCUT2D eigenvalue weighted by molar-refractivity contribution is -0.146. The second-order valence-corrected chi connectivity index (χ2v) is 5.04. The maximum atomic E-state index is 11.3. The van der Waals surface area contributed by atoms with Crippen LogP contribution >= 0.6 is 0 Å². The molecule has 1 N–H and O–H groups in total. The summed E-state index contributed by atoms with van der Waals surface area (Å²) in [7, 11) is 0. The third-order valence-electron chi connectivity index (χ3n) is 3.03. The average molecular weight is 260 g/mol. The Labute approximate surface area is 111 Å². The lowest BCUT2D eigenvalue weighted by Gasteiger charge is -2.20. The highest BCUT2D eigenvalue weighted by molar-refractivity contribution is 5.75. The normalized spacial score (nSPS) is 11.5. The second-order valence-electron chi connectivity index (χ2n) is 5.04. The van der Waals surface area contributed by atoms with E-state index in [0.717, 1.165) is 11.1 Å². The molecule has 0 bridgehead atoms. The Morgan fingerprint density at radius 1 is 1.42 bits per heavy atom. The van der Waals surface area contributed by atoms with Gasteiger partial charge in [-0.2, -0.15) is 0 Å². The summed E-state index contributed by atoms with van der Waals surface area (Å²) in [5.41, 5.74) is 1.04. The number of carboxylic acids is 1. The molecule has 2 aromatic rings. The Kier molecular flexibility index (Phi) is 3.33. The topological polar surface area (TPSA) is 80.9 Å². The first-order valence-electron chi connectivity index (χ1n) is 5.98. The number of carboxylic acid groups (broad SMARTS) is 1. The number of aliphatic carboxylic acids is 1. The second kappa shape index (κ2) is 4.79. The Hall–Kier alpha value is -2.24. The number of tetrazole rings is 1. The van der Waals surface area contributed by atoms with Crippen molar-refractivity contribution in [2.75, 3.05) is 0 Å². The molecule has 0 saturated carbocycles. The molecule has 0 fully saturated rings. The molecule has 0 saturated heterocycles. The van der Waals surface area contributed by atoms with Gasteiger partial charge >= 0.3 is 5.97 Å². The van der Waals surface area contributed by atoms with E-state index in [9.17, 15) is 9.90 Å². The van der Waals surface area contributed by atoms with E-state index in [-0.39, 0.29) is 0 Å². The van der Waals surface area contributed by atoms with Gasteiger partial charge in [0.25, 0.3) is 0 Å². The van der Waals surface area contributed by atoms with Crippen LogP contribution in [0.4, 0.5) is 0 Å². The van der Waals surface area contributed by atoms with Crippen molar-refractivity contribution in [1.29, 1.82) is 0 Å². The standard InChI is InChI=1S/C13H16N4O2/c1-9-5-4-6-10(7-9)8-11-14-15-16-17(11)13(2,3)12(18)19/h4-7H,8H2,1-3H3,(H,18,19). The molecule has 1 heterocycles. The quantitative estimate of drug-likeness (QED) is 0.898. The van der Waals surface area contributed by atoms with Crippen molar-refractivity contribution in [3.05, 3.63) is 41.2 Å². The van der Waals surface area contributed by atoms with E-state index in [1.807, 2.05) is 31.2 Å². The molecule has 1 aromatic carbocycles. The largest absolute Gasteiger partial charge is 0.479 e. The van der Waals surface area contributed by atoms with Crippen LogP contribution in [-0.4, -0.2) is 31.3 Å². The summed E-state index contributed by atoms with van der Waals surface area (Å²) in [6.07, 6.45) is 0.505. The lowest BCUT2D eigenvalue weighted by Crippen LogP contribution is -2.38. The summed E-state index contributed by atoms with van der Waals surface area (Å²) in [4.78, 5) is 11.3. The Balaban J connectivity index is 2.33. The van der Waals surface area contributed by atoms with Crippen molar-refractivity contribution in [1.82, 2.24) is 20.2 Å². The fourth-order valence-electron chi connectivity index (χ4n) is 1.85. The zero-order valence-corrected chi connectivity index (χ0v) is 11.2. The van der Waals surface area contributed by atoms with Crippen molar-refractivity contribution in [2.24, 2.45) is 0 Å². The summed E-state index contributed by atoms with van der Waals surface area (Å²) in [6.45, 7) is 5.16. The van der Waals surface area contributed by atoms with Gasteiger partial charge in [-0.1, -0.05) is 29.8 Å². The Morgan fingerprint density at radius 3 is 2.79 bits per heavy atom. The zero-order chi connectivity index (χ0) is 14.0. The highest BCUT2D eigenvalue weighted by Crippen LogP contribution is 2.17. The third-order valence-corrected chi connectivity index (χ3v) is 3.03. The van der Waals surface area contributed by atoms with Crippen molar-refractivity contribution in [3.63, 3.8) is 0 Å². The molecule has 0 radical (unpaired) electrons. The number of carbonyl (C=O) groups is 1. The monoisotopic (exact) mass is 260 g/mol. The van der Waals surface area contributed by atoms with Gasteiger partial charge in [-0.15, -0.1) is 5.10 Å². The van der Waals surface area contributed by atoms with Gasteiger partial charge in [0.15, 0.2) is 11.4 Å². The summed E-state index contributed by atoms with van der Waals surface area (Å²) >= 11 is 0. The molecule has 0 atom stereocenters. The average Bonchev–Trinajstić information content (AvgIpc) is 2.77. The van der Waals surface area contributed by atoms with E-state index in [1.54, 1.807) is 13.8 Å². The summed E-state index contributed by atoms with van der Waals surface area (Å²) in [5, 5.41) is 20.6. The van der Waals surface area contributed by atoms with Crippen LogP contribution < -0.4 is 0 Å². The number of hydrogen-bond donors (Lipinski definition) is 1. The number of aryl methyl sites for hydroxylation is 1. The molecule has 6 nitrogen and oxygen atoms in total. The van der Waals surface area contributed by atoms with Crippen LogP contribution in [0.1, 0.15) is 30.8 Å². The summed E-state index contributed by atoms with van der Waals surface area (Å²) < 4.78 is 1.36. The molecular formula is C13H16N4O2. The zero-order valence-electron chi connectivity index (χ0n) is 11.2. The molecule has 100 valence electrons. The number of hydrogen-bond acceptors (Lipinski definition) is 4. The predicted octanol–water partition coefficient (Wildman–Crippen LogP) is 1.39. The number of nitrogens with zero attached hydrogens (tertiary/aromatic N) is 4. The van der Waals surface area contributed by atoms with Crippen molar-refractivity contribution in [3.8, 4) is 0 Å². The smallest absolute Gasteiger partial charge is 0.331 e. The molecule has 0 spiro atoms. The molecule has 0 unspecified atom stereocenters. The molecule has 2 rings (SSSR count). The number of benzene rings is 1. The lowest BCUT2D eigenvalue weighted by atomic mass is 10.0. The number of aromatic nitrogens is 4. The van der Waals surface area contributed by atoms with Gasteiger partial charge in [-0.05, 0) is 36.8 Å². The molecule has 0 aliphatic heterocycles. The van der Waals surface area contributed by atoms with Gasteiger partial charge < -0.3 is 5.11 Å². The first-order valence-corrected chi connectivity index (χ1v) is 5.98. The van der Waals surface area contributed by atoms with Crippen LogP contribution in [0.5, 0.6) is 0 Å². The molecule has 6 heteroatoms. The minimum absolute atomic E-state index is 0.505. The molecular weight excluding hydrogens is 244 g/mol. The molecule has 0 aliphatic carbocycles. The van der Waals surface area contributed by atoms with Crippen LogP contribution in [0.3, 0.4) is 0 Å². The fraction of sp³-hybridized carbons (Fsp3) is 0.385. The molecule has 1 aromatic heterocycles. The van der Waals surface area contributed by atoms with Gasteiger partial charge in [0.05, 0.1) is 0 Å². The highest BCUT2D eigenvalue weighted by atomic mass is 16.4. The first-order chi connectivity index (χ1) is 8.91. The van der Waals surface area contributed by atoms with E-state index in [1.165, 1.54) is 4.68 Å². The summed E-state index contributed by atoms with van der Waals surface area (Å²) in [5.74, 6) is -0.428. The molecule has 0 aliphatic rings. The molecule has 19 heavy (non-hydrogen) atoms. The van der Waals surface area contributed by atoms with Gasteiger partial charge in [0.2, 0.25) is 0 Å². The van der Waals surface area contributed by atoms with Crippen molar-refractivity contribution < 1.29 is 9.90 Å². The van der Waals surface area contributed by atoms with Gasteiger partial charge in [-0.25, -0.2) is 9.48 Å². The Morgan fingerprint density at radius 2 is 2.16 bits per heavy atom. The van der Waals surface area contributed by atoms with Crippen LogP contribution in [0, 0.1) is 6.92 Å². The maximum absolute atomic E-state index is 11.3. The van der Waals surface area contributed by atoms with Gasteiger partial charge in [0.1, 0.15) is 0 Å². The highest BCUT2D eigenvalue weighted by Gasteiger charge is 2.33. The summed E-state index contributed by atoms with van der Waals surface area (Å²) in [6, 6.07) is 7.97. The Bertz CT molecular complexity index is 604. The van der Waals surface area contributed by atoms with Gasteiger partial charge in [-0.3, -0.25) is 0 Å². The SMILES string of the molecule is Cc1cccc(Cc2nnnn2C(C)(C)C(=O)O)c1. The predicted molar refractivity (Wildman–Crippen MR) is 68.8 cm³/mol. The third kappa shape index (κ3) is 2.62.